The van der Waals surface area contributed by atoms with Crippen LogP contribution in [0.5, 0.6) is 0 Å². The zero-order valence-corrected chi connectivity index (χ0v) is 15.8. The zero-order valence-electron chi connectivity index (χ0n) is 15.0. The molecule has 0 fully saturated rings. The van der Waals surface area contributed by atoms with E-state index in [-0.39, 0.29) is 0 Å². The molecule has 0 radical (unpaired) electrons. The van der Waals surface area contributed by atoms with Crippen LogP contribution in [0.3, 0.4) is 0 Å². The lowest BCUT2D eigenvalue weighted by atomic mass is 10.1. The van der Waals surface area contributed by atoms with Gasteiger partial charge in [-0.25, -0.2) is 9.97 Å². The van der Waals surface area contributed by atoms with Crippen LogP contribution in [0.2, 0.25) is 0 Å². The molecule has 1 N–H and O–H groups in total. The fourth-order valence-corrected chi connectivity index (χ4v) is 3.81. The Labute approximate surface area is 156 Å². The summed E-state index contributed by atoms with van der Waals surface area (Å²) in [5, 5.41) is 8.39. The summed E-state index contributed by atoms with van der Waals surface area (Å²) in [4.78, 5) is 14.9. The summed E-state index contributed by atoms with van der Waals surface area (Å²) in [7, 11) is 1.90. The standard InChI is InChI=1S/C19H20N6S/c1-12(2)6-15-10-21-19(26-15)24-18-5-4-16-17(23-18)7-13(8-20-16)14-9-22-25(3)11-14/h4-5,7-12H,6H2,1-3H3,(H,21,23,24). The Morgan fingerprint density at radius 1 is 1.08 bits per heavy atom. The maximum absolute atomic E-state index is 4.70. The van der Waals surface area contributed by atoms with Crippen molar-refractivity contribution >= 4 is 33.3 Å². The molecule has 0 atom stereocenters. The second kappa shape index (κ2) is 6.84. The molecule has 0 aromatic carbocycles. The summed E-state index contributed by atoms with van der Waals surface area (Å²) in [6.45, 7) is 4.43. The van der Waals surface area contributed by atoms with Gasteiger partial charge in [-0.05, 0) is 30.5 Å². The number of nitrogens with zero attached hydrogens (tertiary/aromatic N) is 5. The van der Waals surface area contributed by atoms with Gasteiger partial charge in [-0.15, -0.1) is 11.3 Å². The lowest BCUT2D eigenvalue weighted by Crippen LogP contribution is -1.94. The molecule has 0 spiro atoms. The Kier molecular flexibility index (Phi) is 4.38. The molecule has 7 heteroatoms. The summed E-state index contributed by atoms with van der Waals surface area (Å²) < 4.78 is 1.78. The molecule has 132 valence electrons. The Morgan fingerprint density at radius 2 is 1.96 bits per heavy atom. The highest BCUT2D eigenvalue weighted by molar-refractivity contribution is 7.15. The fraction of sp³-hybridized carbons (Fsp3) is 0.263. The van der Waals surface area contributed by atoms with E-state index in [9.17, 15) is 0 Å². The van der Waals surface area contributed by atoms with E-state index in [4.69, 9.17) is 4.98 Å². The predicted molar refractivity (Wildman–Crippen MR) is 106 cm³/mol. The Bertz CT molecular complexity index is 1050. The lowest BCUT2D eigenvalue weighted by molar-refractivity contribution is 0.653. The van der Waals surface area contributed by atoms with Crippen LogP contribution in [0, 0.1) is 5.92 Å². The van der Waals surface area contributed by atoms with Gasteiger partial charge in [0.25, 0.3) is 0 Å². The molecule has 4 rings (SSSR count). The number of hydrogen-bond donors (Lipinski definition) is 1. The third-order valence-corrected chi connectivity index (χ3v) is 4.91. The third kappa shape index (κ3) is 3.57. The molecule has 0 unspecified atom stereocenters. The van der Waals surface area contributed by atoms with Crippen molar-refractivity contribution in [3.8, 4) is 11.1 Å². The lowest BCUT2D eigenvalue weighted by Gasteiger charge is -2.05. The Morgan fingerprint density at radius 3 is 2.73 bits per heavy atom. The second-order valence-electron chi connectivity index (χ2n) is 6.72. The topological polar surface area (TPSA) is 68.5 Å². The molecule has 0 aliphatic carbocycles. The smallest absolute Gasteiger partial charge is 0.188 e. The molecule has 0 bridgehead atoms. The van der Waals surface area contributed by atoms with Crippen LogP contribution in [0.1, 0.15) is 18.7 Å². The number of thiazole rings is 1. The van der Waals surface area contributed by atoms with Crippen LogP contribution in [-0.2, 0) is 13.5 Å². The first-order chi connectivity index (χ1) is 12.6. The van der Waals surface area contributed by atoms with Crippen LogP contribution >= 0.6 is 11.3 Å². The first kappa shape index (κ1) is 16.7. The van der Waals surface area contributed by atoms with Gasteiger partial charge in [-0.1, -0.05) is 13.8 Å². The van der Waals surface area contributed by atoms with Crippen molar-refractivity contribution in [3.05, 3.63) is 47.9 Å². The molecule has 6 nitrogen and oxygen atoms in total. The van der Waals surface area contributed by atoms with Crippen molar-refractivity contribution < 1.29 is 0 Å². The number of pyridine rings is 2. The Balaban J connectivity index is 1.60. The van der Waals surface area contributed by atoms with Crippen LogP contribution in [0.15, 0.2) is 43.0 Å². The molecule has 26 heavy (non-hydrogen) atoms. The van der Waals surface area contributed by atoms with E-state index in [0.29, 0.717) is 5.92 Å². The third-order valence-electron chi connectivity index (χ3n) is 3.97. The van der Waals surface area contributed by atoms with Crippen LogP contribution in [0.4, 0.5) is 10.9 Å². The molecular formula is C19H20N6S. The molecule has 0 saturated carbocycles. The highest BCUT2D eigenvalue weighted by Crippen LogP contribution is 2.26. The molecule has 4 aromatic rings. The highest BCUT2D eigenvalue weighted by Gasteiger charge is 2.08. The van der Waals surface area contributed by atoms with Crippen molar-refractivity contribution in [1.82, 2.24) is 24.7 Å². The summed E-state index contributed by atoms with van der Waals surface area (Å²) in [5.74, 6) is 1.40. The molecule has 4 aromatic heterocycles. The predicted octanol–water partition coefficient (Wildman–Crippen LogP) is 4.43. The average molecular weight is 364 g/mol. The zero-order chi connectivity index (χ0) is 18.1. The summed E-state index contributed by atoms with van der Waals surface area (Å²) in [6, 6.07) is 5.94. The second-order valence-corrected chi connectivity index (χ2v) is 7.83. The van der Waals surface area contributed by atoms with E-state index in [1.54, 1.807) is 16.0 Å². The first-order valence-electron chi connectivity index (χ1n) is 8.54. The molecule has 0 saturated heterocycles. The van der Waals surface area contributed by atoms with Crippen LogP contribution in [0.25, 0.3) is 22.2 Å². The number of aryl methyl sites for hydroxylation is 1. The van der Waals surface area contributed by atoms with E-state index in [2.05, 4.69) is 34.2 Å². The summed E-state index contributed by atoms with van der Waals surface area (Å²) in [6.07, 6.45) is 8.64. The van der Waals surface area contributed by atoms with Gasteiger partial charge >= 0.3 is 0 Å². The fourth-order valence-electron chi connectivity index (χ4n) is 2.78. The van der Waals surface area contributed by atoms with Crippen molar-refractivity contribution in [1.29, 1.82) is 0 Å². The van der Waals surface area contributed by atoms with E-state index < -0.39 is 0 Å². The van der Waals surface area contributed by atoms with Crippen molar-refractivity contribution in [3.63, 3.8) is 0 Å². The largest absolute Gasteiger partial charge is 0.316 e. The molecule has 4 heterocycles. The minimum Gasteiger partial charge on any atom is -0.316 e. The van der Waals surface area contributed by atoms with Gasteiger partial charge in [-0.2, -0.15) is 5.10 Å². The molecular weight excluding hydrogens is 344 g/mol. The van der Waals surface area contributed by atoms with Crippen molar-refractivity contribution in [2.75, 3.05) is 5.32 Å². The minimum absolute atomic E-state index is 0.624. The van der Waals surface area contributed by atoms with E-state index in [1.165, 1.54) is 4.88 Å². The number of hydrogen-bond acceptors (Lipinski definition) is 6. The SMILES string of the molecule is CC(C)Cc1cnc(Nc2ccc3ncc(-c4cnn(C)c4)cc3n2)s1. The van der Waals surface area contributed by atoms with Crippen LogP contribution in [-0.4, -0.2) is 24.7 Å². The van der Waals surface area contributed by atoms with Gasteiger partial charge in [-0.3, -0.25) is 9.67 Å². The summed E-state index contributed by atoms with van der Waals surface area (Å²) in [5.41, 5.74) is 3.74. The molecule has 0 amide bonds. The number of fused-ring (bicyclic) bond motifs is 1. The number of aromatic nitrogens is 5. The average Bonchev–Trinajstić information content (AvgIpc) is 3.23. The summed E-state index contributed by atoms with van der Waals surface area (Å²) >= 11 is 1.68. The maximum Gasteiger partial charge on any atom is 0.188 e. The van der Waals surface area contributed by atoms with Gasteiger partial charge < -0.3 is 5.32 Å². The van der Waals surface area contributed by atoms with Gasteiger partial charge in [0, 0.05) is 41.6 Å². The number of nitrogens with one attached hydrogen (secondary N) is 1. The highest BCUT2D eigenvalue weighted by atomic mass is 32.1. The van der Waals surface area contributed by atoms with Gasteiger partial charge in [0.15, 0.2) is 5.13 Å². The molecule has 0 aliphatic rings. The minimum atomic E-state index is 0.624. The number of anilines is 2. The quantitative estimate of drug-likeness (QED) is 0.567. The maximum atomic E-state index is 4.70. The van der Waals surface area contributed by atoms with E-state index in [0.717, 1.165) is 39.5 Å². The first-order valence-corrected chi connectivity index (χ1v) is 9.36. The van der Waals surface area contributed by atoms with Crippen LogP contribution < -0.4 is 5.32 Å². The van der Waals surface area contributed by atoms with E-state index in [1.807, 2.05) is 50.0 Å². The van der Waals surface area contributed by atoms with Gasteiger partial charge in [0.1, 0.15) is 5.82 Å². The van der Waals surface area contributed by atoms with Gasteiger partial charge in [0.05, 0.1) is 17.2 Å². The van der Waals surface area contributed by atoms with E-state index >= 15 is 0 Å². The van der Waals surface area contributed by atoms with Crippen molar-refractivity contribution in [2.24, 2.45) is 13.0 Å². The monoisotopic (exact) mass is 364 g/mol. The van der Waals surface area contributed by atoms with Crippen molar-refractivity contribution in [2.45, 2.75) is 20.3 Å². The normalized spacial score (nSPS) is 11.4. The number of rotatable bonds is 5. The van der Waals surface area contributed by atoms with Gasteiger partial charge in [0.2, 0.25) is 0 Å². The Hall–Kier alpha value is -2.80. The molecule has 0 aliphatic heterocycles.